The Balaban J connectivity index is 1.33. The smallest absolute Gasteiger partial charge is 0.324 e. The van der Waals surface area contributed by atoms with Gasteiger partial charge >= 0.3 is 6.03 Å². The van der Waals surface area contributed by atoms with Crippen molar-refractivity contribution >= 4 is 23.4 Å². The molecule has 188 valence electrons. The number of amides is 2. The summed E-state index contributed by atoms with van der Waals surface area (Å²) < 4.78 is 10.7. The molecule has 1 aromatic carbocycles. The molecule has 1 fully saturated rings. The van der Waals surface area contributed by atoms with E-state index in [-0.39, 0.29) is 5.41 Å². The highest BCUT2D eigenvalue weighted by Crippen LogP contribution is 2.26. The van der Waals surface area contributed by atoms with E-state index in [9.17, 15) is 10.1 Å². The molecule has 10 nitrogen and oxygen atoms in total. The van der Waals surface area contributed by atoms with Crippen LogP contribution in [0.25, 0.3) is 11.1 Å². The number of hydrogen-bond donors (Lipinski definition) is 3. The van der Waals surface area contributed by atoms with Crippen LogP contribution >= 0.6 is 0 Å². The van der Waals surface area contributed by atoms with Crippen LogP contribution in [-0.4, -0.2) is 60.5 Å². The molecule has 1 aliphatic rings. The van der Waals surface area contributed by atoms with Crippen molar-refractivity contribution in [2.75, 3.05) is 55.3 Å². The largest absolute Gasteiger partial charge is 0.379 e. The lowest BCUT2D eigenvalue weighted by atomic mass is 9.93. The van der Waals surface area contributed by atoms with Crippen molar-refractivity contribution < 1.29 is 14.1 Å². The number of carbonyl (C=O) groups excluding carboxylic acids is 1. The van der Waals surface area contributed by atoms with Gasteiger partial charge in [-0.1, -0.05) is 38.1 Å². The Hall–Kier alpha value is -3.94. The number of nitrogens with one attached hydrogen (secondary N) is 3. The van der Waals surface area contributed by atoms with E-state index < -0.39 is 6.03 Å². The second kappa shape index (κ2) is 11.2. The number of rotatable bonds is 7. The third-order valence-corrected chi connectivity index (χ3v) is 5.80. The quantitative estimate of drug-likeness (QED) is 0.448. The van der Waals surface area contributed by atoms with Gasteiger partial charge in [0.05, 0.1) is 18.8 Å². The Morgan fingerprint density at radius 2 is 1.86 bits per heavy atom. The molecule has 2 aromatic heterocycles. The standard InChI is InChI=1S/C26H31N7O3/c1-26(2,3)22-15-23(32-36-22)31-25(34)30-21-6-4-18(5-7-21)20-14-19(16-27)24(29-17-20)28-8-9-33-10-12-35-13-11-33/h4-7,14-15,17H,8-13H2,1-3H3,(H,28,29)(H2,30,31,32,34). The van der Waals surface area contributed by atoms with E-state index in [2.05, 4.69) is 37.1 Å². The first-order chi connectivity index (χ1) is 17.3. The maximum Gasteiger partial charge on any atom is 0.324 e. The molecule has 10 heteroatoms. The lowest BCUT2D eigenvalue weighted by molar-refractivity contribution is 0.0398. The minimum absolute atomic E-state index is 0.198. The van der Waals surface area contributed by atoms with Crippen molar-refractivity contribution in [3.05, 3.63) is 53.9 Å². The molecule has 0 spiro atoms. The van der Waals surface area contributed by atoms with Gasteiger partial charge in [-0.25, -0.2) is 9.78 Å². The zero-order chi connectivity index (χ0) is 25.5. The van der Waals surface area contributed by atoms with Crippen LogP contribution in [0.4, 0.5) is 22.1 Å². The van der Waals surface area contributed by atoms with Crippen LogP contribution in [-0.2, 0) is 10.2 Å². The van der Waals surface area contributed by atoms with Crippen molar-refractivity contribution in [2.24, 2.45) is 0 Å². The molecule has 0 aliphatic carbocycles. The molecule has 36 heavy (non-hydrogen) atoms. The number of hydrogen-bond acceptors (Lipinski definition) is 8. The van der Waals surface area contributed by atoms with Gasteiger partial charge in [0.1, 0.15) is 17.6 Å². The predicted octanol–water partition coefficient (Wildman–Crippen LogP) is 4.29. The Bertz CT molecular complexity index is 1220. The zero-order valence-corrected chi connectivity index (χ0v) is 20.8. The minimum atomic E-state index is -0.419. The Morgan fingerprint density at radius 1 is 1.11 bits per heavy atom. The van der Waals surface area contributed by atoms with Crippen LogP contribution in [0.15, 0.2) is 47.1 Å². The summed E-state index contributed by atoms with van der Waals surface area (Å²) in [6, 6.07) is 12.7. The van der Waals surface area contributed by atoms with Crippen LogP contribution < -0.4 is 16.0 Å². The first-order valence-electron chi connectivity index (χ1n) is 11.9. The summed E-state index contributed by atoms with van der Waals surface area (Å²) in [5.41, 5.74) is 2.61. The summed E-state index contributed by atoms with van der Waals surface area (Å²) in [6.07, 6.45) is 1.74. The molecule has 0 radical (unpaired) electrons. The topological polar surface area (TPSA) is 128 Å². The minimum Gasteiger partial charge on any atom is -0.379 e. The van der Waals surface area contributed by atoms with Crippen molar-refractivity contribution in [3.8, 4) is 17.2 Å². The first-order valence-corrected chi connectivity index (χ1v) is 11.9. The van der Waals surface area contributed by atoms with Gasteiger partial charge in [0.15, 0.2) is 5.82 Å². The lowest BCUT2D eigenvalue weighted by Crippen LogP contribution is -2.39. The number of anilines is 3. The van der Waals surface area contributed by atoms with Crippen molar-refractivity contribution in [1.29, 1.82) is 5.26 Å². The summed E-state index contributed by atoms with van der Waals surface area (Å²) >= 11 is 0. The molecule has 0 saturated carbocycles. The van der Waals surface area contributed by atoms with Gasteiger partial charge in [-0.05, 0) is 23.8 Å². The average Bonchev–Trinajstić information content (AvgIpc) is 3.34. The third kappa shape index (κ3) is 6.59. The van der Waals surface area contributed by atoms with Crippen LogP contribution in [0, 0.1) is 11.3 Å². The molecule has 2 amide bonds. The fourth-order valence-electron chi connectivity index (χ4n) is 3.72. The summed E-state index contributed by atoms with van der Waals surface area (Å²) in [5.74, 6) is 1.61. The van der Waals surface area contributed by atoms with Gasteiger partial charge in [0, 0.05) is 55.1 Å². The SMILES string of the molecule is CC(C)(C)c1cc(NC(=O)Nc2ccc(-c3cnc(NCCN4CCOCC4)c(C#N)c3)cc2)no1. The molecule has 3 aromatic rings. The molecule has 3 N–H and O–H groups in total. The average molecular weight is 490 g/mol. The maximum absolute atomic E-state index is 12.3. The van der Waals surface area contributed by atoms with Crippen molar-refractivity contribution in [1.82, 2.24) is 15.0 Å². The normalized spacial score (nSPS) is 14.2. The number of nitrogens with zero attached hydrogens (tertiary/aromatic N) is 4. The van der Waals surface area contributed by atoms with Gasteiger partial charge < -0.3 is 19.9 Å². The van der Waals surface area contributed by atoms with E-state index in [1.807, 2.05) is 39.0 Å². The number of urea groups is 1. The van der Waals surface area contributed by atoms with E-state index in [1.165, 1.54) is 0 Å². The fraction of sp³-hybridized carbons (Fsp3) is 0.385. The van der Waals surface area contributed by atoms with E-state index in [0.29, 0.717) is 35.2 Å². The van der Waals surface area contributed by atoms with Gasteiger partial charge in [0.25, 0.3) is 0 Å². The fourth-order valence-corrected chi connectivity index (χ4v) is 3.72. The van der Waals surface area contributed by atoms with Gasteiger partial charge in [0.2, 0.25) is 0 Å². The number of aromatic nitrogens is 2. The summed E-state index contributed by atoms with van der Waals surface area (Å²) in [7, 11) is 0. The first kappa shape index (κ1) is 25.2. The Labute approximate surface area is 210 Å². The molecule has 0 unspecified atom stereocenters. The zero-order valence-electron chi connectivity index (χ0n) is 20.8. The van der Waals surface area contributed by atoms with E-state index in [0.717, 1.165) is 44.0 Å². The number of pyridine rings is 1. The highest BCUT2D eigenvalue weighted by Gasteiger charge is 2.20. The number of nitriles is 1. The Morgan fingerprint density at radius 3 is 2.53 bits per heavy atom. The molecular weight excluding hydrogens is 458 g/mol. The maximum atomic E-state index is 12.3. The molecule has 3 heterocycles. The number of morpholine rings is 1. The summed E-state index contributed by atoms with van der Waals surface area (Å²) in [4.78, 5) is 19.1. The van der Waals surface area contributed by atoms with Crippen LogP contribution in [0.3, 0.4) is 0 Å². The molecular formula is C26H31N7O3. The van der Waals surface area contributed by atoms with Gasteiger partial charge in [-0.3, -0.25) is 10.2 Å². The molecule has 0 atom stereocenters. The number of carbonyl (C=O) groups is 1. The van der Waals surface area contributed by atoms with E-state index in [4.69, 9.17) is 9.26 Å². The summed E-state index contributed by atoms with van der Waals surface area (Å²) in [6.45, 7) is 10.9. The number of benzene rings is 1. The molecule has 1 saturated heterocycles. The second-order valence-electron chi connectivity index (χ2n) is 9.60. The highest BCUT2D eigenvalue weighted by molar-refractivity contribution is 5.99. The van der Waals surface area contributed by atoms with Crippen LogP contribution in [0.5, 0.6) is 0 Å². The van der Waals surface area contributed by atoms with Crippen molar-refractivity contribution in [2.45, 2.75) is 26.2 Å². The highest BCUT2D eigenvalue weighted by atomic mass is 16.5. The third-order valence-electron chi connectivity index (χ3n) is 5.80. The molecule has 0 bridgehead atoms. The lowest BCUT2D eigenvalue weighted by Gasteiger charge is -2.26. The van der Waals surface area contributed by atoms with Crippen molar-refractivity contribution in [3.63, 3.8) is 0 Å². The molecule has 4 rings (SSSR count). The summed E-state index contributed by atoms with van der Waals surface area (Å²) in [5, 5.41) is 22.2. The monoisotopic (exact) mass is 489 g/mol. The number of ether oxygens (including phenoxy) is 1. The predicted molar refractivity (Wildman–Crippen MR) is 138 cm³/mol. The van der Waals surface area contributed by atoms with Crippen LogP contribution in [0.2, 0.25) is 0 Å². The van der Waals surface area contributed by atoms with E-state index >= 15 is 0 Å². The second-order valence-corrected chi connectivity index (χ2v) is 9.60. The van der Waals surface area contributed by atoms with Gasteiger partial charge in [-0.2, -0.15) is 5.26 Å². The Kier molecular flexibility index (Phi) is 7.83. The van der Waals surface area contributed by atoms with E-state index in [1.54, 1.807) is 24.4 Å². The molecule has 1 aliphatic heterocycles. The van der Waals surface area contributed by atoms with Gasteiger partial charge in [-0.15, -0.1) is 0 Å². The van der Waals surface area contributed by atoms with Crippen LogP contribution in [0.1, 0.15) is 32.1 Å².